The Morgan fingerprint density at radius 1 is 0.719 bits per heavy atom. The molecule has 39 nitrogen and oxygen atoms in total. The summed E-state index contributed by atoms with van der Waals surface area (Å²) in [6.07, 6.45) is 12.8. The van der Waals surface area contributed by atoms with E-state index in [-0.39, 0.29) is 139 Å². The Bertz CT molecular complexity index is 4500. The Hall–Kier alpha value is -9.46. The lowest BCUT2D eigenvalue weighted by atomic mass is 9.79. The monoisotopic (exact) mass is 1800 g/mol. The molecule has 0 spiro atoms. The third kappa shape index (κ3) is 31.4. The molecule has 0 radical (unpaired) electrons. The molecule has 708 valence electrons. The van der Waals surface area contributed by atoms with Crippen LogP contribution in [-0.2, 0) is 104 Å². The van der Waals surface area contributed by atoms with Crippen molar-refractivity contribution in [1.82, 2.24) is 60.6 Å². The number of aliphatic hydroxyl groups excluding tert-OH is 2. The molecule has 39 heteroatoms. The van der Waals surface area contributed by atoms with Gasteiger partial charge in [0.15, 0.2) is 17.0 Å². The molecule has 12 N–H and O–H groups in total. The number of anilines is 2. The number of nitrogens with two attached hydrogens (primary N) is 3. The van der Waals surface area contributed by atoms with Crippen molar-refractivity contribution in [2.45, 2.75) is 218 Å². The normalized spacial score (nSPS) is 26.3. The summed E-state index contributed by atoms with van der Waals surface area (Å²) in [6.45, 7) is 15.8. The summed E-state index contributed by atoms with van der Waals surface area (Å²) in [7, 11) is 3.12. The van der Waals surface area contributed by atoms with Gasteiger partial charge in [-0.15, -0.1) is 5.10 Å². The van der Waals surface area contributed by atoms with Gasteiger partial charge in [0.2, 0.25) is 17.6 Å². The Labute approximate surface area is 746 Å². The standard InChI is InChI=1S/C89H133N15O24/c1-56-16-10-9-11-17-57(2)72(116-7)51-65-22-19-61(6)89(115,128-65)82(111)85(112)102-30-14-12-18-69(102)86(113)126-73(52-70(105)58(3)47-60(5)80(109)81(110)79(108)59(4)46-56)66(90)48-62-20-23-68(74(49-62)117-8)104-53-64(99-101-104)54-125-88(114)95-29-35-121-39-43-122-40-36-119-33-26-76(107)94-28-34-120-38-42-124-45-44-123-41-37-118-32-25-75(106)93-27-13-15-31-103-84-77(83(91)96-55-97-84)78(100-103)63-21-24-71-67(50-63)98-87(92)127-71/h9-11,16-17,21,24,47,50,53,55-56,58-59,61-62,65-66,68-69,72-74,80-81,109-110,115H,12-15,18-20,22-23,25-46,48-49,51-52,54,90H2,1-8H3,(H2,92,98)(H,93,106)(H,94,107)(H,95,114)(H2,91,96,97)/b11-9+,16-10+,57-17+,60-47+/t56-,58-,59-,61-,62+,65+,66-,68+,69+,72+,73+,74-,80-,81+,89-/m1/s1. The predicted octanol–water partition coefficient (Wildman–Crippen LogP) is 5.64. The molecular weight excluding hydrogens is 1660 g/mol. The van der Waals surface area contributed by atoms with E-state index in [1.54, 1.807) is 56.6 Å². The molecule has 1 aromatic carbocycles. The lowest BCUT2D eigenvalue weighted by Crippen LogP contribution is -2.61. The number of carbonyl (C=O) groups excluding carboxylic acids is 8. The van der Waals surface area contributed by atoms with Gasteiger partial charge in [-0.1, -0.05) is 69.4 Å². The number of nitrogen functional groups attached to an aromatic ring is 2. The Kier molecular flexibility index (Phi) is 42.4. The van der Waals surface area contributed by atoms with Crippen molar-refractivity contribution in [1.29, 1.82) is 0 Å². The van der Waals surface area contributed by atoms with E-state index in [0.29, 0.717) is 163 Å². The molecule has 15 atom stereocenters. The number of piperidine rings is 1. The average Bonchev–Trinajstić information content (AvgIpc) is 1.54. The maximum atomic E-state index is 14.7. The Morgan fingerprint density at radius 2 is 1.38 bits per heavy atom. The fraction of sp³-hybridized carbons (Fsp3) is 0.663. The van der Waals surface area contributed by atoms with Crippen LogP contribution < -0.4 is 33.2 Å². The third-order valence-electron chi connectivity index (χ3n) is 23.5. The SMILES string of the molecule is CO[C@H]1C[C@@H]2CC[C@@H](C)[C@@](O)(O2)C(=O)C(=O)N2CCCC[C@H]2C(=O)O[C@H]([C@H](N)C[C@@H]2CC[C@H](n3cc(COC(=O)NCCOCCOCCOCCC(=O)NCCOCCOCCOCCOCCC(=O)NCCCCn4nc(-c5ccc6oc(N)nc6c5)c5c(N)ncnc54)nn3)[C@H](OC)C2)CC(=O)[C@H](C)/C=C(\C)[C@@H](O)[C@@H](O)C(=O)[C@H](C)C[C@H](C)/C=C/C=C/C=C/1C. The molecule has 4 aliphatic rings. The van der Waals surface area contributed by atoms with Crippen LogP contribution in [0, 0.1) is 29.6 Å². The first-order valence-corrected chi connectivity index (χ1v) is 44.6. The lowest BCUT2D eigenvalue weighted by Gasteiger charge is -2.42. The number of alkyl carbamates (subject to hydrolysis) is 1. The molecule has 5 aromatic rings. The number of ether oxygens (including phenoxy) is 12. The minimum Gasteiger partial charge on any atom is -0.459 e. The van der Waals surface area contributed by atoms with Gasteiger partial charge in [-0.25, -0.2) is 28.9 Å². The van der Waals surface area contributed by atoms with Gasteiger partial charge in [0.25, 0.3) is 17.7 Å². The number of nitrogens with one attached hydrogen (secondary N) is 3. The summed E-state index contributed by atoms with van der Waals surface area (Å²) < 4.78 is 77.5. The van der Waals surface area contributed by atoms with Gasteiger partial charge in [-0.05, 0) is 132 Å². The molecule has 2 bridgehead atoms. The van der Waals surface area contributed by atoms with Crippen molar-refractivity contribution >= 4 is 81.1 Å². The van der Waals surface area contributed by atoms with Gasteiger partial charge in [0.1, 0.15) is 65.8 Å². The van der Waals surface area contributed by atoms with Crippen LogP contribution in [0.4, 0.5) is 16.6 Å². The van der Waals surface area contributed by atoms with E-state index in [4.69, 9.17) is 83.6 Å². The first kappa shape index (κ1) is 102. The van der Waals surface area contributed by atoms with Gasteiger partial charge < -0.3 is 115 Å². The second-order valence-electron chi connectivity index (χ2n) is 33.2. The highest BCUT2D eigenvalue weighted by atomic mass is 16.6. The highest BCUT2D eigenvalue weighted by Crippen LogP contribution is 2.40. The van der Waals surface area contributed by atoms with Gasteiger partial charge in [-0.3, -0.25) is 28.8 Å². The molecule has 128 heavy (non-hydrogen) atoms. The van der Waals surface area contributed by atoms with Crippen LogP contribution in [0.15, 0.2) is 82.7 Å². The number of fused-ring (bicyclic) bond motifs is 5. The van der Waals surface area contributed by atoms with Crippen LogP contribution in [0.1, 0.15) is 156 Å². The number of aryl methyl sites for hydroxylation is 1. The molecule has 1 saturated carbocycles. The van der Waals surface area contributed by atoms with Crippen LogP contribution in [0.5, 0.6) is 0 Å². The molecule has 4 amide bonds. The molecule has 9 rings (SSSR count). The molecule has 7 heterocycles. The molecular formula is C89H133N15O24. The number of ketones is 3. The highest BCUT2D eigenvalue weighted by molar-refractivity contribution is 6.39. The van der Waals surface area contributed by atoms with Crippen LogP contribution in [0.25, 0.3) is 33.4 Å². The number of aliphatic hydroxyl groups is 3. The number of hydrogen-bond acceptors (Lipinski definition) is 33. The van der Waals surface area contributed by atoms with E-state index < -0.39 is 114 Å². The van der Waals surface area contributed by atoms with Crippen LogP contribution >= 0.6 is 0 Å². The van der Waals surface area contributed by atoms with Gasteiger partial charge in [0, 0.05) is 102 Å². The number of hydrogen-bond donors (Lipinski definition) is 9. The Balaban J connectivity index is 0.594. The van der Waals surface area contributed by atoms with E-state index >= 15 is 0 Å². The quantitative estimate of drug-likeness (QED) is 0.00989. The number of carbonyl (C=O) groups is 8. The number of aromatic nitrogens is 8. The van der Waals surface area contributed by atoms with Crippen molar-refractivity contribution in [3.8, 4) is 11.3 Å². The maximum Gasteiger partial charge on any atom is 0.407 e. The maximum absolute atomic E-state index is 14.7. The molecule has 0 unspecified atom stereocenters. The summed E-state index contributed by atoms with van der Waals surface area (Å²) >= 11 is 0. The minimum absolute atomic E-state index is 0.00280. The first-order valence-electron chi connectivity index (χ1n) is 44.6. The van der Waals surface area contributed by atoms with Crippen LogP contribution in [-0.4, -0.2) is 294 Å². The number of unbranched alkanes of at least 4 members (excludes halogenated alkanes) is 1. The summed E-state index contributed by atoms with van der Waals surface area (Å²) in [6, 6.07) is 3.02. The fourth-order valence-electron chi connectivity index (χ4n) is 16.1. The number of nitrogens with zero attached hydrogens (tertiary/aromatic N) is 9. The van der Waals surface area contributed by atoms with Crippen molar-refractivity contribution in [2.75, 3.05) is 144 Å². The number of benzene rings is 1. The zero-order chi connectivity index (χ0) is 92.1. The second-order valence-corrected chi connectivity index (χ2v) is 33.2. The number of allylic oxidation sites excluding steroid dienone is 6. The van der Waals surface area contributed by atoms with Crippen LogP contribution in [0.2, 0.25) is 0 Å². The van der Waals surface area contributed by atoms with Crippen molar-refractivity contribution in [3.63, 3.8) is 0 Å². The molecule has 3 aliphatic heterocycles. The van der Waals surface area contributed by atoms with Crippen molar-refractivity contribution in [3.05, 3.63) is 84.0 Å². The number of cyclic esters (lactones) is 1. The first-order chi connectivity index (χ1) is 61.7. The zero-order valence-corrected chi connectivity index (χ0v) is 75.1. The van der Waals surface area contributed by atoms with Gasteiger partial charge >= 0.3 is 12.1 Å². The zero-order valence-electron chi connectivity index (χ0n) is 75.1. The summed E-state index contributed by atoms with van der Waals surface area (Å²) in [5, 5.41) is 57.1. The largest absolute Gasteiger partial charge is 0.459 e. The number of oxazole rings is 1. The van der Waals surface area contributed by atoms with Crippen molar-refractivity contribution < 1.29 is 115 Å². The Morgan fingerprint density at radius 3 is 2.06 bits per heavy atom. The minimum atomic E-state index is -2.51. The van der Waals surface area contributed by atoms with E-state index in [2.05, 4.69) is 41.2 Å². The topological polar surface area (TPSA) is 526 Å². The van der Waals surface area contributed by atoms with E-state index in [9.17, 15) is 53.7 Å². The predicted molar refractivity (Wildman–Crippen MR) is 468 cm³/mol. The van der Waals surface area contributed by atoms with Gasteiger partial charge in [0.05, 0.1) is 128 Å². The summed E-state index contributed by atoms with van der Waals surface area (Å²) in [5.74, 6) is -9.23. The number of amides is 4. The van der Waals surface area contributed by atoms with E-state index in [0.717, 1.165) is 22.5 Å². The second kappa shape index (κ2) is 53.0. The molecule has 4 aromatic heterocycles. The third-order valence-corrected chi connectivity index (χ3v) is 23.5. The van der Waals surface area contributed by atoms with E-state index in [1.165, 1.54) is 19.3 Å². The van der Waals surface area contributed by atoms with E-state index in [1.807, 2.05) is 56.4 Å². The average molecular weight is 1800 g/mol. The summed E-state index contributed by atoms with van der Waals surface area (Å²) in [5.41, 5.74) is 23.6. The lowest BCUT2D eigenvalue weighted by molar-refractivity contribution is -0.265. The smallest absolute Gasteiger partial charge is 0.407 e. The fourth-order valence-corrected chi connectivity index (χ4v) is 16.1. The highest BCUT2D eigenvalue weighted by Gasteiger charge is 2.53. The molecule has 1 aliphatic carbocycles. The number of esters is 1. The number of rotatable bonds is 41. The van der Waals surface area contributed by atoms with Gasteiger partial charge in [-0.2, -0.15) is 10.1 Å². The molecule has 2 saturated heterocycles. The van der Waals surface area contributed by atoms with Crippen molar-refractivity contribution in [2.24, 2.45) is 35.3 Å². The van der Waals surface area contributed by atoms with Crippen LogP contribution in [0.3, 0.4) is 0 Å². The molecule has 3 fully saturated rings. The number of Topliss-reactive ketones (excluding diaryl/α,β-unsaturated/α-hetero) is 3. The summed E-state index contributed by atoms with van der Waals surface area (Å²) in [4.78, 5) is 123. The number of methoxy groups -OCH3 is 2.